The van der Waals surface area contributed by atoms with Crippen LogP contribution in [-0.2, 0) is 14.3 Å². The molecule has 2 atom stereocenters. The van der Waals surface area contributed by atoms with Gasteiger partial charge in [-0.15, -0.1) is 12.4 Å². The summed E-state index contributed by atoms with van der Waals surface area (Å²) in [6.45, 7) is 6.11. The van der Waals surface area contributed by atoms with Gasteiger partial charge in [0.25, 0.3) is 0 Å². The SMILES string of the molecule is CCCC(=O)NCC1CCCN(C(=O)C2COCCN2)C1.Cl. The minimum atomic E-state index is -0.202. The molecule has 0 radical (unpaired) electrons. The van der Waals surface area contributed by atoms with Crippen LogP contribution in [0.2, 0.25) is 0 Å². The van der Waals surface area contributed by atoms with Gasteiger partial charge in [0.05, 0.1) is 13.2 Å². The Morgan fingerprint density at radius 2 is 2.23 bits per heavy atom. The molecule has 2 unspecified atom stereocenters. The Hall–Kier alpha value is -0.850. The normalized spacial score (nSPS) is 25.2. The number of morpholine rings is 1. The third kappa shape index (κ3) is 5.74. The van der Waals surface area contributed by atoms with Gasteiger partial charge < -0.3 is 20.3 Å². The molecule has 2 heterocycles. The molecule has 6 nitrogen and oxygen atoms in total. The summed E-state index contributed by atoms with van der Waals surface area (Å²) >= 11 is 0. The first-order chi connectivity index (χ1) is 10.2. The van der Waals surface area contributed by atoms with Crippen LogP contribution in [0.4, 0.5) is 0 Å². The van der Waals surface area contributed by atoms with Crippen molar-refractivity contribution in [1.29, 1.82) is 0 Å². The lowest BCUT2D eigenvalue weighted by Gasteiger charge is -2.36. The second kappa shape index (κ2) is 10.0. The molecule has 2 saturated heterocycles. The molecule has 128 valence electrons. The van der Waals surface area contributed by atoms with Gasteiger partial charge in [0.1, 0.15) is 6.04 Å². The minimum Gasteiger partial charge on any atom is -0.378 e. The number of piperidine rings is 1. The van der Waals surface area contributed by atoms with Crippen LogP contribution in [0.1, 0.15) is 32.6 Å². The molecule has 2 N–H and O–H groups in total. The average Bonchev–Trinajstić information content (AvgIpc) is 2.54. The van der Waals surface area contributed by atoms with E-state index in [0.717, 1.165) is 38.9 Å². The zero-order valence-corrected chi connectivity index (χ0v) is 14.1. The van der Waals surface area contributed by atoms with Gasteiger partial charge in [-0.3, -0.25) is 9.59 Å². The van der Waals surface area contributed by atoms with Crippen molar-refractivity contribution in [2.75, 3.05) is 39.4 Å². The van der Waals surface area contributed by atoms with Gasteiger partial charge in [0.2, 0.25) is 11.8 Å². The molecule has 2 aliphatic rings. The van der Waals surface area contributed by atoms with E-state index >= 15 is 0 Å². The maximum atomic E-state index is 12.4. The minimum absolute atomic E-state index is 0. The van der Waals surface area contributed by atoms with Crippen LogP contribution in [0.5, 0.6) is 0 Å². The molecule has 2 aliphatic heterocycles. The first kappa shape index (κ1) is 19.2. The van der Waals surface area contributed by atoms with E-state index < -0.39 is 0 Å². The third-order valence-electron chi connectivity index (χ3n) is 4.12. The zero-order chi connectivity index (χ0) is 15.1. The number of carbonyl (C=O) groups excluding carboxylic acids is 2. The number of hydrogen-bond acceptors (Lipinski definition) is 4. The number of likely N-dealkylation sites (tertiary alicyclic amines) is 1. The number of nitrogens with one attached hydrogen (secondary N) is 2. The van der Waals surface area contributed by atoms with E-state index in [1.165, 1.54) is 0 Å². The van der Waals surface area contributed by atoms with Crippen molar-refractivity contribution in [1.82, 2.24) is 15.5 Å². The lowest BCUT2D eigenvalue weighted by atomic mass is 9.97. The van der Waals surface area contributed by atoms with Crippen LogP contribution < -0.4 is 10.6 Å². The second-order valence-electron chi connectivity index (χ2n) is 5.93. The second-order valence-corrected chi connectivity index (χ2v) is 5.93. The van der Waals surface area contributed by atoms with Crippen LogP contribution in [-0.4, -0.2) is 62.1 Å². The molecule has 0 bridgehead atoms. The Balaban J connectivity index is 0.00000242. The topological polar surface area (TPSA) is 70.7 Å². The van der Waals surface area contributed by atoms with Gasteiger partial charge in [-0.1, -0.05) is 6.92 Å². The Morgan fingerprint density at radius 1 is 1.41 bits per heavy atom. The highest BCUT2D eigenvalue weighted by Gasteiger charge is 2.30. The fourth-order valence-corrected chi connectivity index (χ4v) is 2.95. The molecule has 2 rings (SSSR count). The van der Waals surface area contributed by atoms with Crippen molar-refractivity contribution in [3.63, 3.8) is 0 Å². The predicted octanol–water partition coefficient (Wildman–Crippen LogP) is 0.552. The quantitative estimate of drug-likeness (QED) is 0.771. The van der Waals surface area contributed by atoms with Crippen LogP contribution in [0.25, 0.3) is 0 Å². The predicted molar refractivity (Wildman–Crippen MR) is 87.1 cm³/mol. The summed E-state index contributed by atoms with van der Waals surface area (Å²) in [7, 11) is 0. The van der Waals surface area contributed by atoms with E-state index in [4.69, 9.17) is 4.74 Å². The fraction of sp³-hybridized carbons (Fsp3) is 0.867. The van der Waals surface area contributed by atoms with Crippen LogP contribution >= 0.6 is 12.4 Å². The summed E-state index contributed by atoms with van der Waals surface area (Å²) in [5.41, 5.74) is 0. The summed E-state index contributed by atoms with van der Waals surface area (Å²) in [6.07, 6.45) is 3.53. The van der Waals surface area contributed by atoms with E-state index in [2.05, 4.69) is 10.6 Å². The van der Waals surface area contributed by atoms with E-state index in [9.17, 15) is 9.59 Å². The Bertz CT molecular complexity index is 362. The molecule has 0 aromatic heterocycles. The van der Waals surface area contributed by atoms with Crippen molar-refractivity contribution < 1.29 is 14.3 Å². The standard InChI is InChI=1S/C15H27N3O3.ClH/c1-2-4-14(19)17-9-12-5-3-7-18(10-12)15(20)13-11-21-8-6-16-13;/h12-13,16H,2-11H2,1H3,(H,17,19);1H. The Morgan fingerprint density at radius 3 is 2.91 bits per heavy atom. The summed E-state index contributed by atoms with van der Waals surface area (Å²) < 4.78 is 5.36. The number of amides is 2. The lowest BCUT2D eigenvalue weighted by molar-refractivity contribution is -0.138. The molecular formula is C15H28ClN3O3. The van der Waals surface area contributed by atoms with Crippen LogP contribution in [0.15, 0.2) is 0 Å². The molecule has 22 heavy (non-hydrogen) atoms. The van der Waals surface area contributed by atoms with Crippen molar-refractivity contribution in [3.05, 3.63) is 0 Å². The van der Waals surface area contributed by atoms with Gasteiger partial charge >= 0.3 is 0 Å². The van der Waals surface area contributed by atoms with Crippen LogP contribution in [0, 0.1) is 5.92 Å². The zero-order valence-electron chi connectivity index (χ0n) is 13.3. The van der Waals surface area contributed by atoms with Gasteiger partial charge in [-0.2, -0.15) is 0 Å². The first-order valence-corrected chi connectivity index (χ1v) is 8.07. The van der Waals surface area contributed by atoms with E-state index in [-0.39, 0.29) is 30.3 Å². The smallest absolute Gasteiger partial charge is 0.242 e. The fourth-order valence-electron chi connectivity index (χ4n) is 2.95. The lowest BCUT2D eigenvalue weighted by Crippen LogP contribution is -2.55. The number of carbonyl (C=O) groups is 2. The van der Waals surface area contributed by atoms with Crippen molar-refractivity contribution in [2.45, 2.75) is 38.6 Å². The molecule has 2 amide bonds. The van der Waals surface area contributed by atoms with Gasteiger partial charge in [0, 0.05) is 32.6 Å². The van der Waals surface area contributed by atoms with E-state index in [1.54, 1.807) is 0 Å². The largest absolute Gasteiger partial charge is 0.378 e. The summed E-state index contributed by atoms with van der Waals surface area (Å²) in [6, 6.07) is -0.202. The number of nitrogens with zero attached hydrogens (tertiary/aromatic N) is 1. The molecule has 0 spiro atoms. The van der Waals surface area contributed by atoms with Crippen molar-refractivity contribution in [2.24, 2.45) is 5.92 Å². The number of rotatable bonds is 5. The van der Waals surface area contributed by atoms with Gasteiger partial charge in [-0.25, -0.2) is 0 Å². The summed E-state index contributed by atoms with van der Waals surface area (Å²) in [4.78, 5) is 25.9. The third-order valence-corrected chi connectivity index (χ3v) is 4.12. The maximum absolute atomic E-state index is 12.4. The van der Waals surface area contributed by atoms with Crippen LogP contribution in [0.3, 0.4) is 0 Å². The highest BCUT2D eigenvalue weighted by Crippen LogP contribution is 2.17. The molecule has 7 heteroatoms. The average molecular weight is 334 g/mol. The number of ether oxygens (including phenoxy) is 1. The monoisotopic (exact) mass is 333 g/mol. The van der Waals surface area contributed by atoms with Crippen molar-refractivity contribution in [3.8, 4) is 0 Å². The number of hydrogen-bond donors (Lipinski definition) is 2. The summed E-state index contributed by atoms with van der Waals surface area (Å²) in [5, 5.41) is 6.19. The molecule has 0 aromatic rings. The van der Waals surface area contributed by atoms with E-state index in [0.29, 0.717) is 32.1 Å². The Kier molecular flexibility index (Phi) is 8.75. The number of halogens is 1. The molecule has 2 fully saturated rings. The molecule has 0 aliphatic carbocycles. The molecule has 0 aromatic carbocycles. The van der Waals surface area contributed by atoms with Crippen molar-refractivity contribution >= 4 is 24.2 Å². The molecular weight excluding hydrogens is 306 g/mol. The highest BCUT2D eigenvalue weighted by atomic mass is 35.5. The molecule has 0 saturated carbocycles. The van der Waals surface area contributed by atoms with E-state index in [1.807, 2.05) is 11.8 Å². The Labute approximate surface area is 138 Å². The van der Waals surface area contributed by atoms with Gasteiger partial charge in [0.15, 0.2) is 0 Å². The highest BCUT2D eigenvalue weighted by molar-refractivity contribution is 5.85. The summed E-state index contributed by atoms with van der Waals surface area (Å²) in [5.74, 6) is 0.621. The first-order valence-electron chi connectivity index (χ1n) is 8.07. The maximum Gasteiger partial charge on any atom is 0.242 e. The van der Waals surface area contributed by atoms with Gasteiger partial charge in [-0.05, 0) is 25.2 Å².